The van der Waals surface area contributed by atoms with Gasteiger partial charge in [0.25, 0.3) is 0 Å². The molecular formula is C15H16N4O2S. The van der Waals surface area contributed by atoms with E-state index in [4.69, 9.17) is 14.9 Å². The number of thioether (sulfide) groups is 1. The minimum Gasteiger partial charge on any atom is -0.455 e. The molecular weight excluding hydrogens is 300 g/mol. The number of fused-ring (bicyclic) bond motifs is 1. The molecule has 0 radical (unpaired) electrons. The number of furan rings is 1. The molecule has 2 aromatic rings. The third-order valence-electron chi connectivity index (χ3n) is 3.66. The minimum absolute atomic E-state index is 0.0943. The second-order valence-electron chi connectivity index (χ2n) is 5.00. The van der Waals surface area contributed by atoms with E-state index in [0.717, 1.165) is 33.4 Å². The molecule has 3 rings (SSSR count). The molecule has 114 valence electrons. The second-order valence-corrected chi connectivity index (χ2v) is 6.27. The van der Waals surface area contributed by atoms with Gasteiger partial charge in [0.2, 0.25) is 11.8 Å². The first kappa shape index (κ1) is 14.6. The van der Waals surface area contributed by atoms with E-state index in [1.54, 1.807) is 11.8 Å². The molecule has 3 N–H and O–H groups in total. The molecule has 6 nitrogen and oxygen atoms in total. The van der Waals surface area contributed by atoms with Crippen LogP contribution in [0.3, 0.4) is 0 Å². The zero-order valence-electron chi connectivity index (χ0n) is 12.6. The van der Waals surface area contributed by atoms with Gasteiger partial charge < -0.3 is 14.9 Å². The summed E-state index contributed by atoms with van der Waals surface area (Å²) >= 11 is 1.62. The van der Waals surface area contributed by atoms with Crippen molar-refractivity contribution in [3.05, 3.63) is 40.1 Å². The Labute approximate surface area is 132 Å². The molecule has 0 saturated heterocycles. The van der Waals surface area contributed by atoms with Gasteiger partial charge in [-0.25, -0.2) is 0 Å². The molecule has 3 heterocycles. The Balaban J connectivity index is 2.19. The van der Waals surface area contributed by atoms with Crippen molar-refractivity contribution in [1.29, 1.82) is 5.26 Å². The molecule has 0 aliphatic carbocycles. The Kier molecular flexibility index (Phi) is 3.62. The number of nitriles is 1. The predicted molar refractivity (Wildman–Crippen MR) is 82.5 cm³/mol. The van der Waals surface area contributed by atoms with Crippen LogP contribution in [0.5, 0.6) is 5.88 Å². The summed E-state index contributed by atoms with van der Waals surface area (Å²) in [5, 5.41) is 17.4. The van der Waals surface area contributed by atoms with Gasteiger partial charge >= 0.3 is 0 Å². The zero-order valence-corrected chi connectivity index (χ0v) is 13.4. The van der Waals surface area contributed by atoms with Crippen LogP contribution in [0.25, 0.3) is 0 Å². The molecule has 1 atom stereocenters. The monoisotopic (exact) mass is 316 g/mol. The smallest absolute Gasteiger partial charge is 0.244 e. The Morgan fingerprint density at radius 3 is 2.95 bits per heavy atom. The first-order valence-electron chi connectivity index (χ1n) is 6.92. The maximum atomic E-state index is 9.51. The van der Waals surface area contributed by atoms with Crippen molar-refractivity contribution in [2.24, 2.45) is 5.73 Å². The number of hydrogen-bond acceptors (Lipinski definition) is 6. The fraction of sp³-hybridized carbons (Fsp3) is 0.333. The minimum atomic E-state index is -0.317. The Morgan fingerprint density at radius 2 is 2.27 bits per heavy atom. The van der Waals surface area contributed by atoms with Gasteiger partial charge in [-0.1, -0.05) is 18.7 Å². The third kappa shape index (κ3) is 2.16. The largest absolute Gasteiger partial charge is 0.455 e. The molecule has 0 amide bonds. The van der Waals surface area contributed by atoms with Crippen LogP contribution in [0.4, 0.5) is 0 Å². The number of aryl methyl sites for hydroxylation is 2. The van der Waals surface area contributed by atoms with Crippen molar-refractivity contribution in [1.82, 2.24) is 10.2 Å². The lowest BCUT2D eigenvalue weighted by Crippen LogP contribution is -2.21. The lowest BCUT2D eigenvalue weighted by molar-refractivity contribution is 0.378. The zero-order chi connectivity index (χ0) is 15.9. The van der Waals surface area contributed by atoms with Gasteiger partial charge in [0.1, 0.15) is 17.4 Å². The third-order valence-corrected chi connectivity index (χ3v) is 4.44. The summed E-state index contributed by atoms with van der Waals surface area (Å²) in [6, 6.07) is 4.14. The Hall–Kier alpha value is -2.33. The number of nitrogens with zero attached hydrogens (tertiary/aromatic N) is 2. The van der Waals surface area contributed by atoms with Gasteiger partial charge in [-0.15, -0.1) is 5.10 Å². The van der Waals surface area contributed by atoms with E-state index in [2.05, 4.69) is 23.2 Å². The SMILES string of the molecule is CCSc1cc([C@@H]2C(C#N)=C(N)Oc3n[nH]c(C)c32)c(C)o1. The highest BCUT2D eigenvalue weighted by Crippen LogP contribution is 2.44. The number of allylic oxidation sites excluding steroid dienone is 1. The standard InChI is InChI=1S/C15H16N4O2S/c1-4-22-11-5-9(8(3)20-11)13-10(6-16)14(17)21-15-12(13)7(2)18-19-15/h5,13H,4,17H2,1-3H3,(H,18,19)/t13-/m1/s1. The Morgan fingerprint density at radius 1 is 1.50 bits per heavy atom. The topological polar surface area (TPSA) is 101 Å². The number of hydrogen-bond donors (Lipinski definition) is 2. The van der Waals surface area contributed by atoms with E-state index in [-0.39, 0.29) is 11.8 Å². The van der Waals surface area contributed by atoms with Crippen molar-refractivity contribution in [3.63, 3.8) is 0 Å². The molecule has 0 spiro atoms. The summed E-state index contributed by atoms with van der Waals surface area (Å²) < 4.78 is 11.2. The summed E-state index contributed by atoms with van der Waals surface area (Å²) in [5.41, 5.74) is 8.89. The average Bonchev–Trinajstić information content (AvgIpc) is 3.01. The Bertz CT molecular complexity index is 797. The number of aromatic nitrogens is 2. The highest BCUT2D eigenvalue weighted by molar-refractivity contribution is 7.99. The average molecular weight is 316 g/mol. The van der Waals surface area contributed by atoms with Crippen LogP contribution in [-0.4, -0.2) is 16.0 Å². The molecule has 7 heteroatoms. The maximum Gasteiger partial charge on any atom is 0.244 e. The molecule has 0 unspecified atom stereocenters. The fourth-order valence-electron chi connectivity index (χ4n) is 2.68. The van der Waals surface area contributed by atoms with E-state index in [1.165, 1.54) is 0 Å². The fourth-order valence-corrected chi connectivity index (χ4v) is 3.36. The van der Waals surface area contributed by atoms with Crippen LogP contribution in [0.1, 0.15) is 35.4 Å². The summed E-state index contributed by atoms with van der Waals surface area (Å²) in [6.07, 6.45) is 0. The number of ether oxygens (including phenoxy) is 1. The van der Waals surface area contributed by atoms with Crippen molar-refractivity contribution in [2.45, 2.75) is 31.8 Å². The predicted octanol–water partition coefficient (Wildman–Crippen LogP) is 2.95. The number of H-pyrrole nitrogens is 1. The molecule has 1 aliphatic rings. The van der Waals surface area contributed by atoms with Crippen LogP contribution in [-0.2, 0) is 0 Å². The molecule has 0 saturated carbocycles. The molecule has 1 aliphatic heterocycles. The quantitative estimate of drug-likeness (QED) is 0.844. The van der Waals surface area contributed by atoms with Gasteiger partial charge in [0.05, 0.1) is 5.92 Å². The van der Waals surface area contributed by atoms with Crippen LogP contribution in [0, 0.1) is 25.2 Å². The van der Waals surface area contributed by atoms with Crippen molar-refractivity contribution >= 4 is 11.8 Å². The normalized spacial score (nSPS) is 17.1. The van der Waals surface area contributed by atoms with Gasteiger partial charge in [-0.05, 0) is 25.7 Å². The highest BCUT2D eigenvalue weighted by Gasteiger charge is 2.36. The summed E-state index contributed by atoms with van der Waals surface area (Å²) in [4.78, 5) is 0. The van der Waals surface area contributed by atoms with Crippen LogP contribution >= 0.6 is 11.8 Å². The molecule has 2 aromatic heterocycles. The first-order valence-corrected chi connectivity index (χ1v) is 7.90. The van der Waals surface area contributed by atoms with Crippen LogP contribution < -0.4 is 10.5 Å². The van der Waals surface area contributed by atoms with Crippen molar-refractivity contribution in [2.75, 3.05) is 5.75 Å². The van der Waals surface area contributed by atoms with E-state index in [9.17, 15) is 5.26 Å². The van der Waals surface area contributed by atoms with E-state index < -0.39 is 0 Å². The number of aromatic amines is 1. The van der Waals surface area contributed by atoms with E-state index in [0.29, 0.717) is 11.5 Å². The second kappa shape index (κ2) is 5.46. The van der Waals surface area contributed by atoms with Crippen LogP contribution in [0.15, 0.2) is 27.0 Å². The van der Waals surface area contributed by atoms with Gasteiger partial charge in [-0.2, -0.15) is 5.26 Å². The summed E-state index contributed by atoms with van der Waals surface area (Å²) in [7, 11) is 0. The highest BCUT2D eigenvalue weighted by atomic mass is 32.2. The molecule has 22 heavy (non-hydrogen) atoms. The van der Waals surface area contributed by atoms with E-state index in [1.807, 2.05) is 19.9 Å². The summed E-state index contributed by atoms with van der Waals surface area (Å²) in [6.45, 7) is 5.86. The van der Waals surface area contributed by atoms with E-state index >= 15 is 0 Å². The lowest BCUT2D eigenvalue weighted by Gasteiger charge is -2.22. The van der Waals surface area contributed by atoms with Crippen molar-refractivity contribution in [3.8, 4) is 11.9 Å². The number of nitrogens with one attached hydrogen (secondary N) is 1. The van der Waals surface area contributed by atoms with Crippen molar-refractivity contribution < 1.29 is 9.15 Å². The number of rotatable bonds is 3. The molecule has 0 bridgehead atoms. The first-order chi connectivity index (χ1) is 10.6. The molecule has 0 aromatic carbocycles. The van der Waals surface area contributed by atoms with Gasteiger partial charge in [0.15, 0.2) is 5.09 Å². The number of nitrogens with two attached hydrogens (primary N) is 1. The molecule has 0 fully saturated rings. The van der Waals surface area contributed by atoms with Crippen LogP contribution in [0.2, 0.25) is 0 Å². The maximum absolute atomic E-state index is 9.51. The van der Waals surface area contributed by atoms with Gasteiger partial charge in [0, 0.05) is 16.8 Å². The lowest BCUT2D eigenvalue weighted by atomic mass is 9.84. The van der Waals surface area contributed by atoms with Gasteiger partial charge in [-0.3, -0.25) is 5.10 Å². The summed E-state index contributed by atoms with van der Waals surface area (Å²) in [5.74, 6) is 1.89.